The number of aliphatic carboxylic acids is 1. The van der Waals surface area contributed by atoms with Crippen molar-refractivity contribution in [3.8, 4) is 0 Å². The summed E-state index contributed by atoms with van der Waals surface area (Å²) in [7, 11) is -4.77. The molecule has 0 rings (SSSR count). The molecule has 0 saturated carbocycles. The van der Waals surface area contributed by atoms with Gasteiger partial charge in [0.1, 0.15) is 12.7 Å². The molecule has 0 saturated heterocycles. The Balaban J connectivity index is 3.97. The van der Waals surface area contributed by atoms with Crippen molar-refractivity contribution in [3.05, 3.63) is 72.9 Å². The number of hydrogen-bond acceptors (Lipinski definition) is 8. The van der Waals surface area contributed by atoms with E-state index in [1.54, 1.807) is 0 Å². The summed E-state index contributed by atoms with van der Waals surface area (Å²) >= 11 is 0. The molecule has 0 aliphatic heterocycles. The number of ether oxygens (including phenoxy) is 1. The van der Waals surface area contributed by atoms with Crippen molar-refractivity contribution in [2.24, 2.45) is 0 Å². The summed E-state index contributed by atoms with van der Waals surface area (Å²) in [5.74, 6) is -2.43. The predicted molar refractivity (Wildman–Crippen MR) is 235 cm³/mol. The van der Waals surface area contributed by atoms with Crippen molar-refractivity contribution in [1.29, 1.82) is 0 Å². The number of phosphoric ester groups is 1. The molecule has 3 atom stereocenters. The maximum Gasteiger partial charge on any atom is 0.472 e. The van der Waals surface area contributed by atoms with E-state index in [1.165, 1.54) is 57.8 Å². The third kappa shape index (κ3) is 39.7. The van der Waals surface area contributed by atoms with E-state index < -0.39 is 57.6 Å². The van der Waals surface area contributed by atoms with Gasteiger partial charge in [-0.25, -0.2) is 9.36 Å². The molecule has 0 spiro atoms. The van der Waals surface area contributed by atoms with Gasteiger partial charge in [-0.15, -0.1) is 0 Å². The Morgan fingerprint density at radius 1 is 0.569 bits per heavy atom. The minimum absolute atomic E-state index is 0.142. The zero-order valence-electron chi connectivity index (χ0n) is 35.8. The molecule has 0 heterocycles. The summed E-state index contributed by atoms with van der Waals surface area (Å²) < 4.78 is 26.8. The monoisotopic (exact) mass is 836 g/mol. The van der Waals surface area contributed by atoms with Gasteiger partial charge in [-0.1, -0.05) is 164 Å². The molecule has 1 amide bonds. The molecule has 0 radical (unpaired) electrons. The van der Waals surface area contributed by atoms with Crippen LogP contribution in [0.2, 0.25) is 0 Å². The maximum atomic E-state index is 12.3. The van der Waals surface area contributed by atoms with Crippen LogP contribution < -0.4 is 5.32 Å². The summed E-state index contributed by atoms with van der Waals surface area (Å²) in [6.07, 6.45) is 47.8. The van der Waals surface area contributed by atoms with E-state index in [1.807, 2.05) is 0 Å². The van der Waals surface area contributed by atoms with Gasteiger partial charge in [-0.3, -0.25) is 18.6 Å². The summed E-state index contributed by atoms with van der Waals surface area (Å²) in [5, 5.41) is 21.8. The van der Waals surface area contributed by atoms with Gasteiger partial charge < -0.3 is 25.2 Å². The summed E-state index contributed by atoms with van der Waals surface area (Å²) in [4.78, 5) is 45.9. The van der Waals surface area contributed by atoms with Crippen molar-refractivity contribution in [2.45, 2.75) is 180 Å². The summed E-state index contributed by atoms with van der Waals surface area (Å²) in [6.45, 7) is 2.42. The SMILES string of the molecule is CC/C=C\C/C=C\C/C=C\C/C=C\C/C=C\C/C=C\CCCCC(=O)OCC(O)COP(=O)(O)OCC(NC(=O)CCCCCCCCCCCCCCC)C(=O)O. The molecule has 0 aliphatic carbocycles. The van der Waals surface area contributed by atoms with Crippen molar-refractivity contribution in [3.63, 3.8) is 0 Å². The van der Waals surface area contributed by atoms with Crippen LogP contribution in [0.15, 0.2) is 72.9 Å². The minimum Gasteiger partial charge on any atom is -0.480 e. The zero-order chi connectivity index (χ0) is 42.8. The van der Waals surface area contributed by atoms with E-state index in [-0.39, 0.29) is 12.8 Å². The van der Waals surface area contributed by atoms with Crippen LogP contribution in [0.25, 0.3) is 0 Å². The first-order valence-corrected chi connectivity index (χ1v) is 23.5. The standard InChI is InChI=1S/C46H78NO10P/c1-3-5-7-9-11-13-15-17-18-19-20-21-22-23-24-26-28-30-32-34-36-38-45(50)55-39-42(48)40-56-58(53,54)57-41-43(46(51)52)47-44(49)37-35-33-31-29-27-25-16-14-12-10-8-6-4-2/h5,7,11,13,17-18,20-21,23-24,28,30,42-43,48H,3-4,6,8-10,12,14-16,19,22,25-27,29,31-41H2,1-2H3,(H,47,49)(H,51,52)(H,53,54)/b7-5-,13-11-,18-17-,21-20-,24-23-,30-28-. The minimum atomic E-state index is -4.77. The van der Waals surface area contributed by atoms with Gasteiger partial charge in [-0.05, 0) is 64.2 Å². The highest BCUT2D eigenvalue weighted by Gasteiger charge is 2.28. The van der Waals surface area contributed by atoms with Gasteiger partial charge in [0.05, 0.1) is 13.2 Å². The molecule has 332 valence electrons. The Bertz CT molecular complexity index is 1260. The van der Waals surface area contributed by atoms with Gasteiger partial charge >= 0.3 is 19.8 Å². The Morgan fingerprint density at radius 3 is 1.48 bits per heavy atom. The van der Waals surface area contributed by atoms with E-state index in [0.717, 1.165) is 70.6 Å². The number of unbranched alkanes of at least 4 members (excludes halogenated alkanes) is 14. The average molecular weight is 836 g/mol. The number of allylic oxidation sites excluding steroid dienone is 12. The fourth-order valence-corrected chi connectivity index (χ4v) is 6.38. The second kappa shape index (κ2) is 40.7. The summed E-state index contributed by atoms with van der Waals surface area (Å²) in [5.41, 5.74) is 0. The quantitative estimate of drug-likeness (QED) is 0.0202. The Hall–Kier alpha value is -3.08. The van der Waals surface area contributed by atoms with E-state index >= 15 is 0 Å². The third-order valence-electron chi connectivity index (χ3n) is 9.01. The largest absolute Gasteiger partial charge is 0.480 e. The maximum absolute atomic E-state index is 12.3. The lowest BCUT2D eigenvalue weighted by molar-refractivity contribution is -0.147. The number of aliphatic hydroxyl groups is 1. The number of nitrogens with one attached hydrogen (secondary N) is 1. The molecule has 0 bridgehead atoms. The lowest BCUT2D eigenvalue weighted by Crippen LogP contribution is -2.43. The number of carbonyl (C=O) groups is 3. The lowest BCUT2D eigenvalue weighted by Gasteiger charge is -2.18. The first-order valence-electron chi connectivity index (χ1n) is 22.0. The highest BCUT2D eigenvalue weighted by atomic mass is 31.2. The van der Waals surface area contributed by atoms with Gasteiger partial charge in [0, 0.05) is 12.8 Å². The number of phosphoric acid groups is 1. The van der Waals surface area contributed by atoms with Crippen molar-refractivity contribution in [2.75, 3.05) is 19.8 Å². The number of aliphatic hydroxyl groups excluding tert-OH is 1. The fourth-order valence-electron chi connectivity index (χ4n) is 5.61. The van der Waals surface area contributed by atoms with E-state index in [2.05, 4.69) is 92.1 Å². The highest BCUT2D eigenvalue weighted by molar-refractivity contribution is 7.47. The number of carboxylic acid groups (broad SMARTS) is 1. The number of amides is 1. The number of carbonyl (C=O) groups excluding carboxylic acids is 2. The number of esters is 1. The Morgan fingerprint density at radius 2 is 1.00 bits per heavy atom. The van der Waals surface area contributed by atoms with Crippen LogP contribution in [0.1, 0.15) is 168 Å². The van der Waals surface area contributed by atoms with Gasteiger partial charge in [0.2, 0.25) is 5.91 Å². The van der Waals surface area contributed by atoms with Crippen LogP contribution in [0.5, 0.6) is 0 Å². The first kappa shape index (κ1) is 54.9. The van der Waals surface area contributed by atoms with Crippen molar-refractivity contribution in [1.82, 2.24) is 5.32 Å². The molecule has 0 aromatic heterocycles. The van der Waals surface area contributed by atoms with Gasteiger partial charge in [0.25, 0.3) is 0 Å². The second-order valence-corrected chi connectivity index (χ2v) is 16.0. The molecule has 3 unspecified atom stereocenters. The molecular weight excluding hydrogens is 757 g/mol. The Kier molecular flexibility index (Phi) is 38.5. The van der Waals surface area contributed by atoms with Crippen molar-refractivity contribution < 1.29 is 47.8 Å². The molecular formula is C46H78NO10P. The molecule has 0 aromatic rings. The Labute approximate surface area is 350 Å². The molecule has 12 heteroatoms. The van der Waals surface area contributed by atoms with Crippen LogP contribution in [0, 0.1) is 0 Å². The van der Waals surface area contributed by atoms with Gasteiger partial charge in [0.15, 0.2) is 6.04 Å². The summed E-state index contributed by atoms with van der Waals surface area (Å²) in [6, 6.07) is -1.55. The van der Waals surface area contributed by atoms with E-state index in [0.29, 0.717) is 12.8 Å². The normalized spacial score (nSPS) is 14.4. The smallest absolute Gasteiger partial charge is 0.472 e. The third-order valence-corrected chi connectivity index (χ3v) is 9.96. The molecule has 58 heavy (non-hydrogen) atoms. The molecule has 4 N–H and O–H groups in total. The van der Waals surface area contributed by atoms with Crippen LogP contribution >= 0.6 is 7.82 Å². The lowest BCUT2D eigenvalue weighted by atomic mass is 10.0. The number of hydrogen-bond donors (Lipinski definition) is 4. The molecule has 0 fully saturated rings. The van der Waals surface area contributed by atoms with Crippen molar-refractivity contribution >= 4 is 25.7 Å². The average Bonchev–Trinajstić information content (AvgIpc) is 3.20. The number of rotatable bonds is 40. The predicted octanol–water partition coefficient (Wildman–Crippen LogP) is 11.3. The van der Waals surface area contributed by atoms with Crippen LogP contribution in [-0.4, -0.2) is 64.9 Å². The molecule has 0 aromatic carbocycles. The first-order chi connectivity index (χ1) is 28.1. The van der Waals surface area contributed by atoms with Gasteiger partial charge in [-0.2, -0.15) is 0 Å². The van der Waals surface area contributed by atoms with Crippen LogP contribution in [-0.2, 0) is 32.7 Å². The zero-order valence-corrected chi connectivity index (χ0v) is 36.7. The van der Waals surface area contributed by atoms with Crippen LogP contribution in [0.4, 0.5) is 0 Å². The van der Waals surface area contributed by atoms with Crippen LogP contribution in [0.3, 0.4) is 0 Å². The topological polar surface area (TPSA) is 169 Å². The second-order valence-electron chi connectivity index (χ2n) is 14.5. The number of carboxylic acids is 1. The van der Waals surface area contributed by atoms with E-state index in [4.69, 9.17) is 13.8 Å². The van der Waals surface area contributed by atoms with E-state index in [9.17, 15) is 34.1 Å². The highest BCUT2D eigenvalue weighted by Crippen LogP contribution is 2.43. The fraction of sp³-hybridized carbons (Fsp3) is 0.674. The molecule has 0 aliphatic rings. The molecule has 11 nitrogen and oxygen atoms in total.